The predicted molar refractivity (Wildman–Crippen MR) is 105 cm³/mol. The van der Waals surface area contributed by atoms with E-state index < -0.39 is 16.9 Å². The van der Waals surface area contributed by atoms with Gasteiger partial charge in [0.1, 0.15) is 11.3 Å². The molecule has 0 saturated heterocycles. The Morgan fingerprint density at radius 1 is 0.862 bits per heavy atom. The van der Waals surface area contributed by atoms with E-state index in [1.54, 1.807) is 0 Å². The molecule has 3 aromatic rings. The summed E-state index contributed by atoms with van der Waals surface area (Å²) in [5.74, 6) is -1.35. The third-order valence-corrected chi connectivity index (χ3v) is 4.07. The maximum absolute atomic E-state index is 12.3. The van der Waals surface area contributed by atoms with Crippen LogP contribution in [0.4, 0.5) is 5.69 Å². The molecule has 7 nitrogen and oxygen atoms in total. The maximum Gasteiger partial charge on any atom is 0.350 e. The van der Waals surface area contributed by atoms with Gasteiger partial charge in [-0.1, -0.05) is 48.5 Å². The minimum Gasteiger partial charge on any atom is -0.462 e. The Hall–Kier alpha value is -4.00. The van der Waals surface area contributed by atoms with E-state index in [2.05, 4.69) is 0 Å². The van der Waals surface area contributed by atoms with Gasteiger partial charge >= 0.3 is 11.9 Å². The summed E-state index contributed by atoms with van der Waals surface area (Å²) in [6, 6.07) is 21.0. The van der Waals surface area contributed by atoms with Crippen molar-refractivity contribution in [3.63, 3.8) is 0 Å². The first-order chi connectivity index (χ1) is 14.0. The lowest BCUT2D eigenvalue weighted by Crippen LogP contribution is -2.12. The lowest BCUT2D eigenvalue weighted by molar-refractivity contribution is -0.385. The monoisotopic (exact) mass is 391 g/mol. The van der Waals surface area contributed by atoms with Crippen LogP contribution in [0.5, 0.6) is 5.75 Å². The van der Waals surface area contributed by atoms with Crippen molar-refractivity contribution >= 4 is 17.6 Å². The molecule has 29 heavy (non-hydrogen) atoms. The van der Waals surface area contributed by atoms with E-state index in [0.29, 0.717) is 6.42 Å². The molecule has 0 unspecified atom stereocenters. The number of esters is 2. The normalized spacial score (nSPS) is 10.2. The van der Waals surface area contributed by atoms with Crippen LogP contribution in [0.1, 0.15) is 26.3 Å². The van der Waals surface area contributed by atoms with Crippen LogP contribution in [-0.2, 0) is 11.2 Å². The Labute approximate surface area is 166 Å². The van der Waals surface area contributed by atoms with Gasteiger partial charge in [-0.15, -0.1) is 0 Å². The van der Waals surface area contributed by atoms with Crippen molar-refractivity contribution in [2.45, 2.75) is 6.42 Å². The Morgan fingerprint density at radius 2 is 1.59 bits per heavy atom. The zero-order chi connectivity index (χ0) is 20.6. The fraction of sp³-hybridized carbons (Fsp3) is 0.0909. The molecule has 0 atom stereocenters. The molecule has 0 fully saturated rings. The molecule has 0 heterocycles. The van der Waals surface area contributed by atoms with Crippen LogP contribution in [0.15, 0.2) is 78.9 Å². The molecular weight excluding hydrogens is 374 g/mol. The van der Waals surface area contributed by atoms with Crippen molar-refractivity contribution in [2.75, 3.05) is 6.61 Å². The second kappa shape index (κ2) is 9.27. The van der Waals surface area contributed by atoms with Crippen molar-refractivity contribution in [3.05, 3.63) is 106 Å². The van der Waals surface area contributed by atoms with Crippen LogP contribution >= 0.6 is 0 Å². The molecule has 3 aromatic carbocycles. The molecule has 0 aliphatic rings. The van der Waals surface area contributed by atoms with Gasteiger partial charge in [-0.05, 0) is 29.8 Å². The Balaban J connectivity index is 1.64. The van der Waals surface area contributed by atoms with Crippen LogP contribution in [-0.4, -0.2) is 23.5 Å². The molecule has 0 bridgehead atoms. The summed E-state index contributed by atoms with van der Waals surface area (Å²) >= 11 is 0. The van der Waals surface area contributed by atoms with Gasteiger partial charge in [0.05, 0.1) is 17.1 Å². The van der Waals surface area contributed by atoms with E-state index in [4.69, 9.17) is 9.47 Å². The standard InChI is InChI=1S/C22H17NO6/c24-21(28-14-13-16-7-2-1-3-8-16)17-9-6-10-18(15-17)29-22(25)19-11-4-5-12-20(19)23(26)27/h1-12,15H,13-14H2. The van der Waals surface area contributed by atoms with Crippen molar-refractivity contribution in [3.8, 4) is 5.75 Å². The molecule has 0 amide bonds. The number of benzene rings is 3. The number of carbonyl (C=O) groups excluding carboxylic acids is 2. The van der Waals surface area contributed by atoms with E-state index in [1.165, 1.54) is 48.5 Å². The molecule has 0 N–H and O–H groups in total. The van der Waals surface area contributed by atoms with E-state index in [-0.39, 0.29) is 29.2 Å². The first kappa shape index (κ1) is 19.8. The molecular formula is C22H17NO6. The van der Waals surface area contributed by atoms with Gasteiger partial charge in [0.2, 0.25) is 0 Å². The highest BCUT2D eigenvalue weighted by Crippen LogP contribution is 2.21. The maximum atomic E-state index is 12.3. The fourth-order valence-corrected chi connectivity index (χ4v) is 2.64. The summed E-state index contributed by atoms with van der Waals surface area (Å²) in [6.45, 7) is 0.211. The Bertz CT molecular complexity index is 1030. The average Bonchev–Trinajstić information content (AvgIpc) is 2.74. The number of nitro benzene ring substituents is 1. The topological polar surface area (TPSA) is 95.7 Å². The molecule has 0 saturated carbocycles. The zero-order valence-corrected chi connectivity index (χ0v) is 15.3. The van der Waals surface area contributed by atoms with Crippen LogP contribution in [0, 0.1) is 10.1 Å². The number of carbonyl (C=O) groups is 2. The summed E-state index contributed by atoms with van der Waals surface area (Å²) in [6.07, 6.45) is 0.582. The van der Waals surface area contributed by atoms with E-state index in [0.717, 1.165) is 5.56 Å². The highest BCUT2D eigenvalue weighted by molar-refractivity contribution is 5.95. The zero-order valence-electron chi connectivity index (χ0n) is 15.3. The smallest absolute Gasteiger partial charge is 0.350 e. The summed E-state index contributed by atoms with van der Waals surface area (Å²) in [5.41, 5.74) is 0.737. The molecule has 0 aliphatic heterocycles. The van der Waals surface area contributed by atoms with Crippen molar-refractivity contribution in [2.24, 2.45) is 0 Å². The Kier molecular flexibility index (Phi) is 6.32. The molecule has 146 valence electrons. The lowest BCUT2D eigenvalue weighted by Gasteiger charge is -2.08. The van der Waals surface area contributed by atoms with Gasteiger partial charge in [0.25, 0.3) is 5.69 Å². The van der Waals surface area contributed by atoms with E-state index in [1.807, 2.05) is 30.3 Å². The van der Waals surface area contributed by atoms with Gasteiger partial charge in [-0.3, -0.25) is 10.1 Å². The minimum absolute atomic E-state index is 0.0886. The first-order valence-corrected chi connectivity index (χ1v) is 8.81. The summed E-state index contributed by atoms with van der Waals surface area (Å²) < 4.78 is 10.5. The fourth-order valence-electron chi connectivity index (χ4n) is 2.64. The number of nitrogens with zero attached hydrogens (tertiary/aromatic N) is 1. The van der Waals surface area contributed by atoms with Gasteiger partial charge in [-0.2, -0.15) is 0 Å². The van der Waals surface area contributed by atoms with Gasteiger partial charge in [0, 0.05) is 12.5 Å². The third kappa shape index (κ3) is 5.26. The highest BCUT2D eigenvalue weighted by Gasteiger charge is 2.21. The van der Waals surface area contributed by atoms with Gasteiger partial charge in [-0.25, -0.2) is 9.59 Å². The molecule has 0 spiro atoms. The van der Waals surface area contributed by atoms with Crippen LogP contribution in [0.3, 0.4) is 0 Å². The molecule has 0 radical (unpaired) electrons. The number of para-hydroxylation sites is 1. The van der Waals surface area contributed by atoms with Crippen LogP contribution in [0.25, 0.3) is 0 Å². The number of ether oxygens (including phenoxy) is 2. The van der Waals surface area contributed by atoms with E-state index in [9.17, 15) is 19.7 Å². The largest absolute Gasteiger partial charge is 0.462 e. The summed E-state index contributed by atoms with van der Waals surface area (Å²) in [5, 5.41) is 11.1. The highest BCUT2D eigenvalue weighted by atomic mass is 16.6. The van der Waals surface area contributed by atoms with Crippen LogP contribution in [0.2, 0.25) is 0 Å². The predicted octanol–water partition coefficient (Wildman–Crippen LogP) is 4.21. The summed E-state index contributed by atoms with van der Waals surface area (Å²) in [7, 11) is 0. The number of hydrogen-bond acceptors (Lipinski definition) is 6. The quantitative estimate of drug-likeness (QED) is 0.259. The lowest BCUT2D eigenvalue weighted by atomic mass is 10.1. The molecule has 0 aromatic heterocycles. The van der Waals surface area contributed by atoms with Crippen molar-refractivity contribution in [1.29, 1.82) is 0 Å². The second-order valence-electron chi connectivity index (χ2n) is 6.06. The van der Waals surface area contributed by atoms with Crippen LogP contribution < -0.4 is 4.74 Å². The Morgan fingerprint density at radius 3 is 2.34 bits per heavy atom. The van der Waals surface area contributed by atoms with Crippen molar-refractivity contribution in [1.82, 2.24) is 0 Å². The SMILES string of the molecule is O=C(OCCc1ccccc1)c1cccc(OC(=O)c2ccccc2[N+](=O)[O-])c1. The number of nitro groups is 1. The van der Waals surface area contributed by atoms with E-state index >= 15 is 0 Å². The average molecular weight is 391 g/mol. The minimum atomic E-state index is -0.883. The van der Waals surface area contributed by atoms with Gasteiger partial charge < -0.3 is 9.47 Å². The molecule has 7 heteroatoms. The second-order valence-corrected chi connectivity index (χ2v) is 6.06. The van der Waals surface area contributed by atoms with Crippen molar-refractivity contribution < 1.29 is 24.0 Å². The summed E-state index contributed by atoms with van der Waals surface area (Å²) in [4.78, 5) is 34.9. The molecule has 0 aliphatic carbocycles. The first-order valence-electron chi connectivity index (χ1n) is 8.81. The third-order valence-electron chi connectivity index (χ3n) is 4.07. The number of rotatable bonds is 7. The molecule has 3 rings (SSSR count). The van der Waals surface area contributed by atoms with Gasteiger partial charge in [0.15, 0.2) is 0 Å². The number of hydrogen-bond donors (Lipinski definition) is 0.